The molecule has 0 aromatic carbocycles. The van der Waals surface area contributed by atoms with Gasteiger partial charge in [-0.3, -0.25) is 4.79 Å². The van der Waals surface area contributed by atoms with Crippen LogP contribution in [0.2, 0.25) is 0 Å². The predicted octanol–water partition coefficient (Wildman–Crippen LogP) is 0.0192. The smallest absolute Gasteiger partial charge is 0.317 e. The summed E-state index contributed by atoms with van der Waals surface area (Å²) in [5.41, 5.74) is 5.76. The van der Waals surface area contributed by atoms with Gasteiger partial charge in [-0.1, -0.05) is 6.42 Å². The van der Waals surface area contributed by atoms with Gasteiger partial charge in [0.05, 0.1) is 6.04 Å². The van der Waals surface area contributed by atoms with Gasteiger partial charge < -0.3 is 20.9 Å². The van der Waals surface area contributed by atoms with E-state index in [1.54, 1.807) is 0 Å². The maximum absolute atomic E-state index is 12.6. The molecular weight excluding hydrogens is 280 g/mol. The molecule has 3 rings (SSSR count). The molecule has 1 unspecified atom stereocenters. The number of nitrogens with zero attached hydrogens (tertiary/aromatic N) is 2. The Morgan fingerprint density at radius 2 is 2.15 bits per heavy atom. The van der Waals surface area contributed by atoms with Crippen LogP contribution in [0.1, 0.15) is 19.3 Å². The maximum atomic E-state index is 12.6. The van der Waals surface area contributed by atoms with Crippen LogP contribution in [-0.4, -0.2) is 60.5 Å². The predicted molar refractivity (Wildman–Crippen MR) is 77.6 cm³/mol. The lowest BCUT2D eigenvalue weighted by Crippen LogP contribution is -2.55. The molecule has 1 saturated carbocycles. The fraction of sp³-hybridized carbons (Fsp3) is 0.846. The highest BCUT2D eigenvalue weighted by atomic mass is 35.5. The van der Waals surface area contributed by atoms with Crippen molar-refractivity contribution in [1.82, 2.24) is 15.1 Å². The van der Waals surface area contributed by atoms with E-state index in [1.807, 2.05) is 9.80 Å². The third kappa shape index (κ3) is 2.59. The normalized spacial score (nSPS) is 32.6. The first-order valence-corrected chi connectivity index (χ1v) is 7.24. The van der Waals surface area contributed by atoms with Crippen molar-refractivity contribution in [2.75, 3.05) is 32.7 Å². The summed E-state index contributed by atoms with van der Waals surface area (Å²) >= 11 is 0. The van der Waals surface area contributed by atoms with Crippen molar-refractivity contribution in [3.8, 4) is 0 Å². The molecule has 3 N–H and O–H groups in total. The Morgan fingerprint density at radius 1 is 1.35 bits per heavy atom. The summed E-state index contributed by atoms with van der Waals surface area (Å²) in [6.45, 7) is 3.26. The lowest BCUT2D eigenvalue weighted by Gasteiger charge is -2.38. The third-order valence-electron chi connectivity index (χ3n) is 4.82. The van der Waals surface area contributed by atoms with E-state index in [4.69, 9.17) is 5.73 Å². The summed E-state index contributed by atoms with van der Waals surface area (Å²) in [5.74, 6) is 0.724. The van der Waals surface area contributed by atoms with E-state index in [-0.39, 0.29) is 36.3 Å². The first-order chi connectivity index (χ1) is 9.20. The van der Waals surface area contributed by atoms with Crippen LogP contribution in [0.3, 0.4) is 0 Å². The molecule has 3 fully saturated rings. The van der Waals surface area contributed by atoms with Crippen molar-refractivity contribution in [3.05, 3.63) is 0 Å². The lowest BCUT2D eigenvalue weighted by molar-refractivity contribution is -0.138. The molecule has 0 radical (unpaired) electrons. The minimum Gasteiger partial charge on any atom is -0.339 e. The van der Waals surface area contributed by atoms with Gasteiger partial charge in [-0.25, -0.2) is 4.79 Å². The highest BCUT2D eigenvalue weighted by Gasteiger charge is 2.40. The molecule has 2 heterocycles. The molecule has 0 bridgehead atoms. The third-order valence-corrected chi connectivity index (χ3v) is 4.82. The zero-order valence-electron chi connectivity index (χ0n) is 11.6. The fourth-order valence-corrected chi connectivity index (χ4v) is 3.68. The van der Waals surface area contributed by atoms with Gasteiger partial charge in [-0.05, 0) is 25.3 Å². The molecule has 7 heteroatoms. The molecule has 3 atom stereocenters. The first-order valence-electron chi connectivity index (χ1n) is 7.24. The van der Waals surface area contributed by atoms with Gasteiger partial charge in [-0.2, -0.15) is 0 Å². The largest absolute Gasteiger partial charge is 0.339 e. The quantitative estimate of drug-likeness (QED) is 0.755. The van der Waals surface area contributed by atoms with Crippen molar-refractivity contribution in [2.24, 2.45) is 17.6 Å². The van der Waals surface area contributed by atoms with Gasteiger partial charge in [0.25, 0.3) is 0 Å². The van der Waals surface area contributed by atoms with Crippen LogP contribution in [0.15, 0.2) is 0 Å². The van der Waals surface area contributed by atoms with Crippen molar-refractivity contribution in [3.63, 3.8) is 0 Å². The molecule has 20 heavy (non-hydrogen) atoms. The number of rotatable bonds is 2. The number of nitrogens with one attached hydrogen (secondary N) is 1. The topological polar surface area (TPSA) is 78.7 Å². The number of halogens is 1. The molecule has 1 aliphatic carbocycles. The number of carbonyl (C=O) groups excluding carboxylic acids is 2. The Kier molecular flexibility index (Phi) is 4.75. The molecule has 0 aromatic rings. The summed E-state index contributed by atoms with van der Waals surface area (Å²) in [6.07, 6.45) is 3.17. The van der Waals surface area contributed by atoms with E-state index in [2.05, 4.69) is 5.32 Å². The maximum Gasteiger partial charge on any atom is 0.317 e. The van der Waals surface area contributed by atoms with Crippen LogP contribution < -0.4 is 11.1 Å². The van der Waals surface area contributed by atoms with Crippen LogP contribution >= 0.6 is 12.4 Å². The van der Waals surface area contributed by atoms with Crippen molar-refractivity contribution in [1.29, 1.82) is 0 Å². The molecule has 2 saturated heterocycles. The second-order valence-corrected chi connectivity index (χ2v) is 5.85. The number of amides is 3. The van der Waals surface area contributed by atoms with E-state index in [1.165, 1.54) is 0 Å². The number of hydrogen-bond donors (Lipinski definition) is 2. The Hall–Kier alpha value is -1.01. The fourth-order valence-electron chi connectivity index (χ4n) is 3.68. The van der Waals surface area contributed by atoms with Crippen molar-refractivity contribution >= 4 is 24.3 Å². The van der Waals surface area contributed by atoms with Crippen LogP contribution in [0.25, 0.3) is 0 Å². The van der Waals surface area contributed by atoms with E-state index in [0.29, 0.717) is 38.6 Å². The second kappa shape index (κ2) is 6.18. The minimum absolute atomic E-state index is 0. The van der Waals surface area contributed by atoms with Crippen molar-refractivity contribution in [2.45, 2.75) is 25.3 Å². The summed E-state index contributed by atoms with van der Waals surface area (Å²) in [4.78, 5) is 27.9. The molecule has 0 spiro atoms. The minimum atomic E-state index is 0. The highest BCUT2D eigenvalue weighted by molar-refractivity contribution is 5.85. The highest BCUT2D eigenvalue weighted by Crippen LogP contribution is 2.33. The van der Waals surface area contributed by atoms with E-state index in [0.717, 1.165) is 19.3 Å². The molecule has 3 amide bonds. The lowest BCUT2D eigenvalue weighted by atomic mass is 9.94. The van der Waals surface area contributed by atoms with Crippen LogP contribution in [0.5, 0.6) is 0 Å². The Labute approximate surface area is 125 Å². The van der Waals surface area contributed by atoms with Crippen LogP contribution in [-0.2, 0) is 4.79 Å². The zero-order valence-corrected chi connectivity index (χ0v) is 12.4. The SMILES string of the molecule is Cl.NC[C@H]1CCC[C@H]1C(=O)N1CCN2C(=O)NCC2C1. The summed E-state index contributed by atoms with van der Waals surface area (Å²) in [6, 6.07) is 0.167. The van der Waals surface area contributed by atoms with Crippen molar-refractivity contribution < 1.29 is 9.59 Å². The van der Waals surface area contributed by atoms with Gasteiger partial charge in [0, 0.05) is 32.1 Å². The molecule has 114 valence electrons. The number of fused-ring (bicyclic) bond motifs is 1. The number of carbonyl (C=O) groups is 2. The number of hydrogen-bond acceptors (Lipinski definition) is 3. The van der Waals surface area contributed by atoms with Gasteiger partial charge in [-0.15, -0.1) is 12.4 Å². The van der Waals surface area contributed by atoms with Gasteiger partial charge in [0.2, 0.25) is 5.91 Å². The molecule has 6 nitrogen and oxygen atoms in total. The Balaban J connectivity index is 0.00000147. The summed E-state index contributed by atoms with van der Waals surface area (Å²) < 4.78 is 0. The second-order valence-electron chi connectivity index (χ2n) is 5.85. The average Bonchev–Trinajstić information content (AvgIpc) is 3.04. The van der Waals surface area contributed by atoms with E-state index >= 15 is 0 Å². The summed E-state index contributed by atoms with van der Waals surface area (Å²) in [7, 11) is 0. The molecule has 2 aliphatic heterocycles. The van der Waals surface area contributed by atoms with E-state index < -0.39 is 0 Å². The van der Waals surface area contributed by atoms with Gasteiger partial charge >= 0.3 is 6.03 Å². The molecular formula is C13H23ClN4O2. The zero-order chi connectivity index (χ0) is 13.4. The molecule has 0 aromatic heterocycles. The van der Waals surface area contributed by atoms with Crippen LogP contribution in [0, 0.1) is 11.8 Å². The van der Waals surface area contributed by atoms with Gasteiger partial charge in [0.1, 0.15) is 0 Å². The first kappa shape index (κ1) is 15.4. The molecule has 3 aliphatic rings. The average molecular weight is 303 g/mol. The Bertz CT molecular complexity index is 393. The van der Waals surface area contributed by atoms with Crippen LogP contribution in [0.4, 0.5) is 4.79 Å². The number of urea groups is 1. The monoisotopic (exact) mass is 302 g/mol. The standard InChI is InChI=1S/C13H22N4O2.ClH/c14-6-9-2-1-3-11(9)12(18)16-4-5-17-10(8-16)7-15-13(17)19;/h9-11H,1-8,14H2,(H,15,19);1H/t9-,10?,11-;/m1./s1. The Morgan fingerprint density at radius 3 is 2.90 bits per heavy atom. The van der Waals surface area contributed by atoms with Gasteiger partial charge in [0.15, 0.2) is 0 Å². The van der Waals surface area contributed by atoms with E-state index in [9.17, 15) is 9.59 Å². The number of piperazine rings is 1. The summed E-state index contributed by atoms with van der Waals surface area (Å²) in [5, 5.41) is 2.84. The number of nitrogens with two attached hydrogens (primary N) is 1.